The average Bonchev–Trinajstić information content (AvgIpc) is 3.30. The number of ether oxygens (including phenoxy) is 3. The van der Waals surface area contributed by atoms with E-state index >= 15 is 0 Å². The van der Waals surface area contributed by atoms with E-state index in [1.807, 2.05) is 6.92 Å². The van der Waals surface area contributed by atoms with Crippen LogP contribution in [0.3, 0.4) is 0 Å². The molecule has 1 heterocycles. The molecule has 4 fully saturated rings. The molecule has 2 unspecified atom stereocenters. The predicted molar refractivity (Wildman–Crippen MR) is 170 cm³/mol. The van der Waals surface area contributed by atoms with E-state index < -0.39 is 113 Å². The summed E-state index contributed by atoms with van der Waals surface area (Å²) in [6, 6.07) is 0. The minimum absolute atomic E-state index is 0.0124. The zero-order chi connectivity index (χ0) is 36.6. The van der Waals surface area contributed by atoms with Gasteiger partial charge in [-0.25, -0.2) is 0 Å². The van der Waals surface area contributed by atoms with Gasteiger partial charge in [-0.15, -0.1) is 0 Å². The second-order valence-corrected chi connectivity index (χ2v) is 16.6. The van der Waals surface area contributed by atoms with Crippen LogP contribution in [0.25, 0.3) is 0 Å². The molecule has 5 rings (SSSR count). The van der Waals surface area contributed by atoms with E-state index in [-0.39, 0.29) is 37.9 Å². The smallest absolute Gasteiger partial charge is 0.303 e. The quantitative estimate of drug-likeness (QED) is 0.134. The number of aliphatic hydroxyl groups excluding tert-OH is 7. The number of hydrogen-bond donors (Lipinski definition) is 9. The number of carbonyl (C=O) groups is 2. The summed E-state index contributed by atoms with van der Waals surface area (Å²) in [5, 5.41) is 99.0. The van der Waals surface area contributed by atoms with E-state index in [1.165, 1.54) is 13.0 Å². The van der Waals surface area contributed by atoms with Crippen molar-refractivity contribution in [3.05, 3.63) is 11.6 Å². The van der Waals surface area contributed by atoms with Crippen LogP contribution >= 0.6 is 0 Å². The first-order chi connectivity index (χ1) is 22.6. The maximum Gasteiger partial charge on any atom is 0.303 e. The van der Waals surface area contributed by atoms with Crippen molar-refractivity contribution in [1.29, 1.82) is 0 Å². The molecule has 1 saturated heterocycles. The number of ketones is 1. The van der Waals surface area contributed by atoms with Gasteiger partial charge in [0.25, 0.3) is 0 Å². The fourth-order valence-corrected chi connectivity index (χ4v) is 10.3. The lowest BCUT2D eigenvalue weighted by molar-refractivity contribution is -0.328. The molecule has 0 aromatic heterocycles. The molecule has 1 aliphatic heterocycles. The summed E-state index contributed by atoms with van der Waals surface area (Å²) in [6.07, 6.45) is -10.3. The van der Waals surface area contributed by atoms with Crippen molar-refractivity contribution in [2.75, 3.05) is 6.61 Å². The Bertz CT molecular complexity index is 1300. The third-order valence-electron chi connectivity index (χ3n) is 13.2. The Hall–Kier alpha value is -1.56. The van der Waals surface area contributed by atoms with Crippen LogP contribution in [0.1, 0.15) is 86.5 Å². The SMILES string of the molecule is CC(=O)OC(C)(C)CC[C@@H](O[C@H]1OC(CO)[C@@H](O)[C@@H](O)C1O)[C@](C)(O)[C@H]1CC[C@@]2(O)C3=CC(=O)[C@@H]4C[C@@H](O)[C@@H](O)[C@@H](O)[C@]4(C)[C@H]3CC[C@]12C. The van der Waals surface area contributed by atoms with E-state index in [9.17, 15) is 55.5 Å². The molecule has 0 aromatic rings. The van der Waals surface area contributed by atoms with Crippen molar-refractivity contribution in [2.24, 2.45) is 28.6 Å². The fraction of sp³-hybridized carbons (Fsp3) is 0.886. The Labute approximate surface area is 286 Å². The fourth-order valence-electron chi connectivity index (χ4n) is 10.3. The van der Waals surface area contributed by atoms with Gasteiger partial charge in [0, 0.05) is 23.7 Å². The first kappa shape index (κ1) is 38.7. The summed E-state index contributed by atoms with van der Waals surface area (Å²) in [7, 11) is 0. The van der Waals surface area contributed by atoms with Crippen LogP contribution in [0.5, 0.6) is 0 Å². The lowest BCUT2D eigenvalue weighted by Gasteiger charge is -2.62. The average molecular weight is 701 g/mol. The molecular weight excluding hydrogens is 644 g/mol. The molecule has 0 radical (unpaired) electrons. The second kappa shape index (κ2) is 13.1. The number of esters is 1. The van der Waals surface area contributed by atoms with Gasteiger partial charge in [-0.2, -0.15) is 0 Å². The number of hydrogen-bond acceptors (Lipinski definition) is 14. The number of fused-ring (bicyclic) bond motifs is 5. The van der Waals surface area contributed by atoms with Gasteiger partial charge < -0.3 is 60.2 Å². The first-order valence-corrected chi connectivity index (χ1v) is 17.5. The Morgan fingerprint density at radius 2 is 1.65 bits per heavy atom. The summed E-state index contributed by atoms with van der Waals surface area (Å²) in [5.74, 6) is -2.77. The molecule has 14 heteroatoms. The van der Waals surface area contributed by atoms with Crippen LogP contribution in [-0.2, 0) is 23.8 Å². The van der Waals surface area contributed by atoms with Crippen LogP contribution in [-0.4, -0.2) is 136 Å². The molecule has 14 nitrogen and oxygen atoms in total. The normalized spacial score (nSPS) is 47.3. The second-order valence-electron chi connectivity index (χ2n) is 16.6. The highest BCUT2D eigenvalue weighted by atomic mass is 16.7. The summed E-state index contributed by atoms with van der Waals surface area (Å²) >= 11 is 0. The van der Waals surface area contributed by atoms with Crippen LogP contribution in [0, 0.1) is 28.6 Å². The van der Waals surface area contributed by atoms with Gasteiger partial charge in [-0.1, -0.05) is 13.8 Å². The number of carbonyl (C=O) groups excluding carboxylic acids is 2. The van der Waals surface area contributed by atoms with Gasteiger partial charge in [0.1, 0.15) is 36.1 Å². The Kier molecular flexibility index (Phi) is 10.4. The lowest BCUT2D eigenvalue weighted by Crippen LogP contribution is -2.67. The molecule has 16 atom stereocenters. The number of rotatable bonds is 9. The third-order valence-corrected chi connectivity index (χ3v) is 13.2. The Balaban J connectivity index is 1.49. The standard InChI is InChI=1S/C35H56O14/c1-16(37)49-31(2,3)10-9-24(48-30-28(43)27(42)26(41)22(15-36)47-30)34(6,45)23-8-12-35(46)18-13-20(38)19-14-21(39)25(40)29(44)33(19,5)17(18)7-11-32(23,35)4/h13,17,19,21-30,36,39-46H,7-12,14-15H2,1-6H3/t17-,19-,21+,22?,23-,24+,25+,26+,27+,28?,29+,30+,32+,33+,34+,35+/m0/s1. The van der Waals surface area contributed by atoms with E-state index in [2.05, 4.69) is 0 Å². The van der Waals surface area contributed by atoms with Crippen molar-refractivity contribution >= 4 is 11.8 Å². The van der Waals surface area contributed by atoms with Crippen LogP contribution in [0.2, 0.25) is 0 Å². The molecule has 0 spiro atoms. The maximum atomic E-state index is 13.6. The van der Waals surface area contributed by atoms with E-state index in [0.717, 1.165) is 0 Å². The van der Waals surface area contributed by atoms with Crippen LogP contribution in [0.4, 0.5) is 0 Å². The van der Waals surface area contributed by atoms with E-state index in [0.29, 0.717) is 18.4 Å². The molecule has 0 amide bonds. The number of allylic oxidation sites excluding steroid dienone is 1. The molecule has 3 saturated carbocycles. The first-order valence-electron chi connectivity index (χ1n) is 17.5. The van der Waals surface area contributed by atoms with Crippen LogP contribution < -0.4 is 0 Å². The van der Waals surface area contributed by atoms with Crippen molar-refractivity contribution < 1.29 is 69.8 Å². The largest absolute Gasteiger partial charge is 0.460 e. The minimum atomic E-state index is -1.77. The molecule has 0 aromatic carbocycles. The van der Waals surface area contributed by atoms with Gasteiger partial charge >= 0.3 is 5.97 Å². The molecule has 0 bridgehead atoms. The zero-order valence-electron chi connectivity index (χ0n) is 29.2. The van der Waals surface area contributed by atoms with Gasteiger partial charge in [0.15, 0.2) is 12.1 Å². The van der Waals surface area contributed by atoms with Crippen molar-refractivity contribution in [2.45, 2.75) is 158 Å². The number of aliphatic hydroxyl groups is 9. The maximum absolute atomic E-state index is 13.6. The molecule has 280 valence electrons. The summed E-state index contributed by atoms with van der Waals surface area (Å²) < 4.78 is 17.4. The van der Waals surface area contributed by atoms with Crippen molar-refractivity contribution in [3.63, 3.8) is 0 Å². The van der Waals surface area contributed by atoms with Gasteiger partial charge in [0.05, 0.1) is 36.1 Å². The van der Waals surface area contributed by atoms with Gasteiger partial charge in [-0.3, -0.25) is 9.59 Å². The zero-order valence-corrected chi connectivity index (χ0v) is 29.2. The highest BCUT2D eigenvalue weighted by molar-refractivity contribution is 5.95. The van der Waals surface area contributed by atoms with Crippen LogP contribution in [0.15, 0.2) is 11.6 Å². The topological polar surface area (TPSA) is 244 Å². The third kappa shape index (κ3) is 6.12. The lowest BCUT2D eigenvalue weighted by atomic mass is 9.45. The summed E-state index contributed by atoms with van der Waals surface area (Å²) in [5.41, 5.74) is -6.10. The van der Waals surface area contributed by atoms with Gasteiger partial charge in [-0.05, 0) is 89.2 Å². The van der Waals surface area contributed by atoms with Crippen molar-refractivity contribution in [3.8, 4) is 0 Å². The monoisotopic (exact) mass is 700 g/mol. The summed E-state index contributed by atoms with van der Waals surface area (Å²) in [6.45, 7) is 9.11. The molecule has 5 aliphatic rings. The minimum Gasteiger partial charge on any atom is -0.460 e. The molecule has 9 N–H and O–H groups in total. The molecular formula is C35H56O14. The summed E-state index contributed by atoms with van der Waals surface area (Å²) in [4.78, 5) is 25.4. The predicted octanol–water partition coefficient (Wildman–Crippen LogP) is -0.780. The van der Waals surface area contributed by atoms with E-state index in [4.69, 9.17) is 14.2 Å². The van der Waals surface area contributed by atoms with Gasteiger partial charge in [0.2, 0.25) is 0 Å². The van der Waals surface area contributed by atoms with Crippen molar-refractivity contribution in [1.82, 2.24) is 0 Å². The Morgan fingerprint density at radius 1 is 1.00 bits per heavy atom. The molecule has 49 heavy (non-hydrogen) atoms. The highest BCUT2D eigenvalue weighted by Crippen LogP contribution is 2.68. The molecule has 4 aliphatic carbocycles. The highest BCUT2D eigenvalue weighted by Gasteiger charge is 2.70. The van der Waals surface area contributed by atoms with E-state index in [1.54, 1.807) is 27.7 Å². The Morgan fingerprint density at radius 3 is 2.27 bits per heavy atom.